The molecule has 16 heavy (non-hydrogen) atoms. The first kappa shape index (κ1) is 13.2. The predicted molar refractivity (Wildman–Crippen MR) is 74.6 cm³/mol. The van der Waals surface area contributed by atoms with Gasteiger partial charge in [-0.15, -0.1) is 0 Å². The van der Waals surface area contributed by atoms with Gasteiger partial charge in [-0.05, 0) is 12.0 Å². The molecule has 0 unspecified atom stereocenters. The molecule has 0 atom stereocenters. The Morgan fingerprint density at radius 1 is 1.12 bits per heavy atom. The van der Waals surface area contributed by atoms with E-state index in [1.807, 2.05) is 6.07 Å². The molecule has 1 rings (SSSR count). The van der Waals surface area contributed by atoms with Crippen molar-refractivity contribution in [3.8, 4) is 0 Å². The summed E-state index contributed by atoms with van der Waals surface area (Å²) in [7, 11) is 0. The Labute approximate surface area is 104 Å². The molecule has 1 nitrogen and oxygen atoms in total. The van der Waals surface area contributed by atoms with Crippen molar-refractivity contribution < 1.29 is 0 Å². The minimum Gasteiger partial charge on any atom is -0.364 e. The molecule has 1 aromatic carbocycles. The smallest absolute Gasteiger partial charge is 0.0643 e. The molecule has 0 spiro atoms. The highest BCUT2D eigenvalue weighted by Gasteiger charge is 2.00. The summed E-state index contributed by atoms with van der Waals surface area (Å²) in [5.74, 6) is 0. The van der Waals surface area contributed by atoms with Crippen LogP contribution in [0.4, 0.5) is 0 Å². The second-order valence-electron chi connectivity index (χ2n) is 4.12. The molecule has 0 aliphatic rings. The van der Waals surface area contributed by atoms with Crippen LogP contribution in [-0.4, -0.2) is 16.9 Å². The summed E-state index contributed by atoms with van der Waals surface area (Å²) in [6.45, 7) is 4.26. The number of rotatable bonds is 8. The topological polar surface area (TPSA) is 3.24 Å². The highest BCUT2D eigenvalue weighted by molar-refractivity contribution is 7.78. The van der Waals surface area contributed by atoms with Crippen LogP contribution in [0.15, 0.2) is 30.3 Å². The fourth-order valence-electron chi connectivity index (χ4n) is 1.73. The minimum atomic E-state index is 0.941. The van der Waals surface area contributed by atoms with Crippen molar-refractivity contribution in [2.24, 2.45) is 0 Å². The number of unbranched alkanes of at least 4 members (excludes halogenated alkanes) is 3. The summed E-state index contributed by atoms with van der Waals surface area (Å²) in [6.07, 6.45) is 5.17. The van der Waals surface area contributed by atoms with E-state index < -0.39 is 0 Å². The normalized spacial score (nSPS) is 10.1. The van der Waals surface area contributed by atoms with Gasteiger partial charge < -0.3 is 4.90 Å². The molecule has 0 heterocycles. The van der Waals surface area contributed by atoms with E-state index in [1.54, 1.807) is 5.49 Å². The average Bonchev–Trinajstić information content (AvgIpc) is 2.34. The minimum absolute atomic E-state index is 0.941. The van der Waals surface area contributed by atoms with Crippen LogP contribution < -0.4 is 0 Å². The number of thiocarbonyl (C=S) groups is 1. The Hall–Kier alpha value is -0.890. The zero-order chi connectivity index (χ0) is 11.6. The first-order valence-electron chi connectivity index (χ1n) is 6.10. The van der Waals surface area contributed by atoms with Crippen molar-refractivity contribution >= 4 is 17.7 Å². The maximum absolute atomic E-state index is 5.05. The first-order chi connectivity index (χ1) is 7.86. The molecule has 0 N–H and O–H groups in total. The number of hydrogen-bond donors (Lipinski definition) is 0. The lowest BCUT2D eigenvalue weighted by atomic mass is 10.2. The third-order valence-electron chi connectivity index (χ3n) is 2.68. The highest BCUT2D eigenvalue weighted by Crippen LogP contribution is 2.06. The third-order valence-corrected chi connectivity index (χ3v) is 2.97. The molecule has 88 valence electrons. The fourth-order valence-corrected chi connectivity index (χ4v) is 1.91. The maximum atomic E-state index is 5.05. The molecule has 0 fully saturated rings. The number of nitrogens with zero attached hydrogens (tertiary/aromatic N) is 1. The van der Waals surface area contributed by atoms with Crippen LogP contribution in [0.5, 0.6) is 0 Å². The van der Waals surface area contributed by atoms with E-state index in [2.05, 4.69) is 36.1 Å². The zero-order valence-electron chi connectivity index (χ0n) is 10.1. The molecule has 0 saturated heterocycles. The summed E-state index contributed by atoms with van der Waals surface area (Å²) in [4.78, 5) is 2.22. The van der Waals surface area contributed by atoms with Gasteiger partial charge in [0.05, 0.1) is 5.49 Å². The molecule has 0 saturated carbocycles. The van der Waals surface area contributed by atoms with Gasteiger partial charge in [0, 0.05) is 13.1 Å². The van der Waals surface area contributed by atoms with E-state index in [1.165, 1.54) is 31.2 Å². The Morgan fingerprint density at radius 3 is 2.50 bits per heavy atom. The Morgan fingerprint density at radius 2 is 1.88 bits per heavy atom. The largest absolute Gasteiger partial charge is 0.364 e. The van der Waals surface area contributed by atoms with Crippen LogP contribution in [0.25, 0.3) is 0 Å². The monoisotopic (exact) mass is 235 g/mol. The molecule has 0 amide bonds. The summed E-state index contributed by atoms with van der Waals surface area (Å²) >= 11 is 5.05. The van der Waals surface area contributed by atoms with Crippen molar-refractivity contribution in [2.45, 2.75) is 39.2 Å². The quantitative estimate of drug-likeness (QED) is 0.494. The van der Waals surface area contributed by atoms with E-state index in [9.17, 15) is 0 Å². The van der Waals surface area contributed by atoms with Crippen molar-refractivity contribution in [1.29, 1.82) is 0 Å². The van der Waals surface area contributed by atoms with Gasteiger partial charge in [-0.3, -0.25) is 0 Å². The van der Waals surface area contributed by atoms with Gasteiger partial charge in [-0.2, -0.15) is 0 Å². The molecule has 2 heteroatoms. The summed E-state index contributed by atoms with van der Waals surface area (Å²) in [5, 5.41) is 0. The van der Waals surface area contributed by atoms with Gasteiger partial charge in [-0.25, -0.2) is 0 Å². The van der Waals surface area contributed by atoms with Crippen LogP contribution in [0, 0.1) is 0 Å². The molecule has 0 aromatic heterocycles. The first-order valence-corrected chi connectivity index (χ1v) is 6.57. The molecular formula is C14H21NS. The van der Waals surface area contributed by atoms with Crippen LogP contribution in [0.3, 0.4) is 0 Å². The number of benzene rings is 1. The Bertz CT molecular complexity index is 284. The van der Waals surface area contributed by atoms with E-state index in [-0.39, 0.29) is 0 Å². The number of hydrogen-bond acceptors (Lipinski definition) is 1. The third kappa shape index (κ3) is 5.26. The van der Waals surface area contributed by atoms with E-state index in [0.717, 1.165) is 13.1 Å². The zero-order valence-corrected chi connectivity index (χ0v) is 10.9. The average molecular weight is 235 g/mol. The molecule has 0 radical (unpaired) electrons. The van der Waals surface area contributed by atoms with Gasteiger partial charge in [0.25, 0.3) is 0 Å². The van der Waals surface area contributed by atoms with Crippen LogP contribution >= 0.6 is 12.2 Å². The molecule has 0 aliphatic heterocycles. The van der Waals surface area contributed by atoms with Crippen LogP contribution in [0.1, 0.15) is 38.2 Å². The Kier molecular flexibility index (Phi) is 6.82. The lowest BCUT2D eigenvalue weighted by Crippen LogP contribution is -2.21. The molecular weight excluding hydrogens is 214 g/mol. The standard InChI is InChI=1S/C14H21NS/c1-2-3-4-8-11-15(13-16)12-14-9-6-5-7-10-14/h5-7,9-10,13H,2-4,8,11-12H2,1H3. The SMILES string of the molecule is CCCCCCN(C=S)Cc1ccccc1. The molecule has 1 aromatic rings. The van der Waals surface area contributed by atoms with Gasteiger partial charge in [-0.1, -0.05) is 68.7 Å². The van der Waals surface area contributed by atoms with E-state index in [0.29, 0.717) is 0 Å². The van der Waals surface area contributed by atoms with Crippen molar-refractivity contribution in [2.75, 3.05) is 6.54 Å². The highest BCUT2D eigenvalue weighted by atomic mass is 32.1. The maximum Gasteiger partial charge on any atom is 0.0643 e. The van der Waals surface area contributed by atoms with Crippen molar-refractivity contribution in [1.82, 2.24) is 4.90 Å². The van der Waals surface area contributed by atoms with E-state index in [4.69, 9.17) is 12.2 Å². The van der Waals surface area contributed by atoms with Crippen LogP contribution in [-0.2, 0) is 6.54 Å². The summed E-state index contributed by atoms with van der Waals surface area (Å²) in [6, 6.07) is 10.5. The fraction of sp³-hybridized carbons (Fsp3) is 0.500. The molecule has 0 bridgehead atoms. The second-order valence-corrected chi connectivity index (χ2v) is 4.33. The predicted octanol–water partition coefficient (Wildman–Crippen LogP) is 4.03. The second kappa shape index (κ2) is 8.28. The van der Waals surface area contributed by atoms with Gasteiger partial charge in [0.15, 0.2) is 0 Å². The van der Waals surface area contributed by atoms with Gasteiger partial charge in [0.2, 0.25) is 0 Å². The lowest BCUT2D eigenvalue weighted by molar-refractivity contribution is 0.411. The Balaban J connectivity index is 2.29. The van der Waals surface area contributed by atoms with Gasteiger partial charge >= 0.3 is 0 Å². The van der Waals surface area contributed by atoms with Crippen LogP contribution in [0.2, 0.25) is 0 Å². The summed E-state index contributed by atoms with van der Waals surface area (Å²) in [5.41, 5.74) is 3.12. The van der Waals surface area contributed by atoms with E-state index >= 15 is 0 Å². The lowest BCUT2D eigenvalue weighted by Gasteiger charge is -2.18. The van der Waals surface area contributed by atoms with Gasteiger partial charge in [0.1, 0.15) is 0 Å². The molecule has 0 aliphatic carbocycles. The summed E-state index contributed by atoms with van der Waals surface area (Å²) < 4.78 is 0. The van der Waals surface area contributed by atoms with Crippen molar-refractivity contribution in [3.63, 3.8) is 0 Å². The van der Waals surface area contributed by atoms with Crippen molar-refractivity contribution in [3.05, 3.63) is 35.9 Å².